The number of carbonyl (C=O) groups excluding carboxylic acids is 1. The van der Waals surface area contributed by atoms with Crippen LogP contribution in [-0.4, -0.2) is 16.7 Å². The van der Waals surface area contributed by atoms with E-state index in [0.29, 0.717) is 6.54 Å². The van der Waals surface area contributed by atoms with E-state index in [-0.39, 0.29) is 0 Å². The van der Waals surface area contributed by atoms with Crippen molar-refractivity contribution in [2.75, 3.05) is 0 Å². The van der Waals surface area contributed by atoms with E-state index in [4.69, 9.17) is 4.74 Å². The van der Waals surface area contributed by atoms with E-state index < -0.39 is 11.7 Å². The molecular weight excluding hydrogens is 290 g/mol. The quantitative estimate of drug-likeness (QED) is 0.766. The molecule has 124 valence electrons. The standard InChI is InChI=1S/C18H25N3O2/c1-18(2,3)23-17(22)21-13-16-7-5-4-6-15(16)12-20-11-14-8-9-19-10-14/h4-10,19-20H,11-13H2,1-3H3,(H,21,22). The Bertz CT molecular complexity index is 615. The smallest absolute Gasteiger partial charge is 0.407 e. The molecule has 0 aliphatic rings. The average molecular weight is 315 g/mol. The van der Waals surface area contributed by atoms with Gasteiger partial charge in [-0.25, -0.2) is 4.79 Å². The zero-order valence-electron chi connectivity index (χ0n) is 14.0. The van der Waals surface area contributed by atoms with E-state index in [2.05, 4.69) is 21.7 Å². The van der Waals surface area contributed by atoms with Gasteiger partial charge >= 0.3 is 6.09 Å². The number of aromatic nitrogens is 1. The number of benzene rings is 1. The lowest BCUT2D eigenvalue weighted by molar-refractivity contribution is 0.0523. The van der Waals surface area contributed by atoms with Crippen molar-refractivity contribution >= 4 is 6.09 Å². The zero-order chi connectivity index (χ0) is 16.7. The van der Waals surface area contributed by atoms with Crippen molar-refractivity contribution in [3.8, 4) is 0 Å². The van der Waals surface area contributed by atoms with E-state index in [1.165, 1.54) is 11.1 Å². The molecule has 1 heterocycles. The normalized spacial score (nSPS) is 11.3. The highest BCUT2D eigenvalue weighted by atomic mass is 16.6. The molecule has 0 fully saturated rings. The van der Waals surface area contributed by atoms with Crippen molar-refractivity contribution in [3.63, 3.8) is 0 Å². The lowest BCUT2D eigenvalue weighted by atomic mass is 10.1. The lowest BCUT2D eigenvalue weighted by Crippen LogP contribution is -2.32. The predicted molar refractivity (Wildman–Crippen MR) is 90.9 cm³/mol. The molecular formula is C18H25N3O2. The van der Waals surface area contributed by atoms with Crippen LogP contribution in [0.25, 0.3) is 0 Å². The van der Waals surface area contributed by atoms with Crippen LogP contribution in [0.1, 0.15) is 37.5 Å². The van der Waals surface area contributed by atoms with Gasteiger partial charge in [0.15, 0.2) is 0 Å². The number of hydrogen-bond acceptors (Lipinski definition) is 3. The second-order valence-corrected chi connectivity index (χ2v) is 6.45. The summed E-state index contributed by atoms with van der Waals surface area (Å²) in [4.78, 5) is 14.8. The number of hydrogen-bond donors (Lipinski definition) is 3. The van der Waals surface area contributed by atoms with Crippen molar-refractivity contribution in [2.24, 2.45) is 0 Å². The summed E-state index contributed by atoms with van der Waals surface area (Å²) in [7, 11) is 0. The maximum absolute atomic E-state index is 11.8. The summed E-state index contributed by atoms with van der Waals surface area (Å²) in [5.41, 5.74) is 2.98. The van der Waals surface area contributed by atoms with Gasteiger partial charge in [0.2, 0.25) is 0 Å². The summed E-state index contributed by atoms with van der Waals surface area (Å²) in [6.07, 6.45) is 3.49. The molecule has 0 saturated heterocycles. The summed E-state index contributed by atoms with van der Waals surface area (Å²) in [6, 6.07) is 10.1. The Morgan fingerprint density at radius 3 is 2.39 bits per heavy atom. The minimum Gasteiger partial charge on any atom is -0.444 e. The van der Waals surface area contributed by atoms with Gasteiger partial charge in [0.05, 0.1) is 0 Å². The molecule has 5 heteroatoms. The summed E-state index contributed by atoms with van der Waals surface area (Å²) < 4.78 is 5.26. The zero-order valence-corrected chi connectivity index (χ0v) is 14.0. The second kappa shape index (κ2) is 7.83. The Morgan fingerprint density at radius 1 is 1.09 bits per heavy atom. The van der Waals surface area contributed by atoms with E-state index in [1.807, 2.05) is 57.4 Å². The molecule has 0 unspecified atom stereocenters. The first-order chi connectivity index (χ1) is 10.9. The number of ether oxygens (including phenoxy) is 1. The van der Waals surface area contributed by atoms with Gasteiger partial charge in [-0.15, -0.1) is 0 Å². The van der Waals surface area contributed by atoms with Gasteiger partial charge in [0.25, 0.3) is 0 Å². The fourth-order valence-electron chi connectivity index (χ4n) is 2.19. The summed E-state index contributed by atoms with van der Waals surface area (Å²) in [6.45, 7) is 7.56. The van der Waals surface area contributed by atoms with Crippen LogP contribution in [0.15, 0.2) is 42.7 Å². The Balaban J connectivity index is 1.85. The number of amides is 1. The molecule has 0 spiro atoms. The molecule has 0 aliphatic carbocycles. The molecule has 0 bridgehead atoms. The summed E-state index contributed by atoms with van der Waals surface area (Å²) >= 11 is 0. The molecule has 0 atom stereocenters. The maximum atomic E-state index is 11.8. The first-order valence-corrected chi connectivity index (χ1v) is 7.80. The minimum atomic E-state index is -0.484. The van der Waals surface area contributed by atoms with Gasteiger partial charge in [-0.05, 0) is 43.5 Å². The van der Waals surface area contributed by atoms with Crippen molar-refractivity contribution in [1.29, 1.82) is 0 Å². The molecule has 2 rings (SSSR count). The molecule has 23 heavy (non-hydrogen) atoms. The fourth-order valence-corrected chi connectivity index (χ4v) is 2.19. The van der Waals surface area contributed by atoms with Crippen LogP contribution in [0.5, 0.6) is 0 Å². The second-order valence-electron chi connectivity index (χ2n) is 6.45. The first-order valence-electron chi connectivity index (χ1n) is 7.80. The molecule has 0 aliphatic heterocycles. The number of rotatable bonds is 6. The van der Waals surface area contributed by atoms with Crippen molar-refractivity contribution in [3.05, 3.63) is 59.4 Å². The molecule has 0 radical (unpaired) electrons. The van der Waals surface area contributed by atoms with Gasteiger partial charge in [0, 0.05) is 32.0 Å². The Morgan fingerprint density at radius 2 is 1.78 bits per heavy atom. The van der Waals surface area contributed by atoms with Crippen LogP contribution in [0.3, 0.4) is 0 Å². The molecule has 2 aromatic rings. The third kappa shape index (κ3) is 6.16. The van der Waals surface area contributed by atoms with Crippen LogP contribution < -0.4 is 10.6 Å². The van der Waals surface area contributed by atoms with Crippen LogP contribution in [0, 0.1) is 0 Å². The fraction of sp³-hybridized carbons (Fsp3) is 0.389. The lowest BCUT2D eigenvalue weighted by Gasteiger charge is -2.20. The third-order valence-corrected chi connectivity index (χ3v) is 3.25. The monoisotopic (exact) mass is 315 g/mol. The van der Waals surface area contributed by atoms with Gasteiger partial charge in [0.1, 0.15) is 5.60 Å². The highest BCUT2D eigenvalue weighted by Crippen LogP contribution is 2.10. The van der Waals surface area contributed by atoms with E-state index >= 15 is 0 Å². The Labute approximate surface area is 137 Å². The highest BCUT2D eigenvalue weighted by molar-refractivity contribution is 5.67. The SMILES string of the molecule is CC(C)(C)OC(=O)NCc1ccccc1CNCc1cc[nH]c1. The molecule has 3 N–H and O–H groups in total. The number of H-pyrrole nitrogens is 1. The molecule has 1 amide bonds. The van der Waals surface area contributed by atoms with Crippen molar-refractivity contribution in [1.82, 2.24) is 15.6 Å². The number of nitrogens with one attached hydrogen (secondary N) is 3. The van der Waals surface area contributed by atoms with Gasteiger partial charge in [-0.3, -0.25) is 0 Å². The summed E-state index contributed by atoms with van der Waals surface area (Å²) in [5.74, 6) is 0. The van der Waals surface area contributed by atoms with E-state index in [0.717, 1.165) is 18.7 Å². The highest BCUT2D eigenvalue weighted by Gasteiger charge is 2.16. The average Bonchev–Trinajstić information content (AvgIpc) is 2.98. The van der Waals surface area contributed by atoms with Crippen molar-refractivity contribution in [2.45, 2.75) is 46.0 Å². The number of aromatic amines is 1. The third-order valence-electron chi connectivity index (χ3n) is 3.25. The molecule has 5 nitrogen and oxygen atoms in total. The van der Waals surface area contributed by atoms with E-state index in [9.17, 15) is 4.79 Å². The first kappa shape index (κ1) is 17.1. The van der Waals surface area contributed by atoms with Crippen LogP contribution in [-0.2, 0) is 24.4 Å². The van der Waals surface area contributed by atoms with Gasteiger partial charge in [-0.2, -0.15) is 0 Å². The summed E-state index contributed by atoms with van der Waals surface area (Å²) in [5, 5.41) is 6.21. The van der Waals surface area contributed by atoms with Crippen LogP contribution in [0.2, 0.25) is 0 Å². The topological polar surface area (TPSA) is 66.2 Å². The van der Waals surface area contributed by atoms with Gasteiger partial charge < -0.3 is 20.4 Å². The maximum Gasteiger partial charge on any atom is 0.407 e. The molecule has 1 aromatic carbocycles. The Hall–Kier alpha value is -2.27. The van der Waals surface area contributed by atoms with Crippen LogP contribution >= 0.6 is 0 Å². The van der Waals surface area contributed by atoms with E-state index in [1.54, 1.807) is 0 Å². The van der Waals surface area contributed by atoms with Crippen LogP contribution in [0.4, 0.5) is 4.79 Å². The van der Waals surface area contributed by atoms with Crippen molar-refractivity contribution < 1.29 is 9.53 Å². The largest absolute Gasteiger partial charge is 0.444 e. The molecule has 1 aromatic heterocycles. The Kier molecular flexibility index (Phi) is 5.82. The van der Waals surface area contributed by atoms with Gasteiger partial charge in [-0.1, -0.05) is 24.3 Å². The number of alkyl carbamates (subject to hydrolysis) is 1. The minimum absolute atomic E-state index is 0.396. The number of carbonyl (C=O) groups is 1. The molecule has 0 saturated carbocycles. The predicted octanol–water partition coefficient (Wildman–Crippen LogP) is 3.33.